The Labute approximate surface area is 142 Å². The van der Waals surface area contributed by atoms with Gasteiger partial charge in [-0.25, -0.2) is 9.97 Å². The van der Waals surface area contributed by atoms with Crippen LogP contribution < -0.4 is 0 Å². The fourth-order valence-corrected chi connectivity index (χ4v) is 3.13. The summed E-state index contributed by atoms with van der Waals surface area (Å²) in [5, 5.41) is 9.24. The van der Waals surface area contributed by atoms with Crippen LogP contribution in [0.4, 0.5) is 5.69 Å². The molecule has 4 rings (SSSR count). The lowest BCUT2D eigenvalue weighted by Crippen LogP contribution is -1.92. The Balaban J connectivity index is 0.00000182. The maximum Gasteiger partial charge on any atom is 0.141 e. The van der Waals surface area contributed by atoms with Gasteiger partial charge in [0.2, 0.25) is 0 Å². The van der Waals surface area contributed by atoms with E-state index in [2.05, 4.69) is 44.2 Å². The lowest BCUT2D eigenvalue weighted by atomic mass is 10.00. The molecule has 0 unspecified atom stereocenters. The first-order valence-corrected chi connectivity index (χ1v) is 8.57. The molecule has 0 aliphatic heterocycles. The number of azo groups is 1. The maximum atomic E-state index is 4.69. The molecular weight excluding hydrogens is 298 g/mol. The first-order valence-electron chi connectivity index (χ1n) is 8.57. The summed E-state index contributed by atoms with van der Waals surface area (Å²) in [4.78, 5) is 12.6. The number of fused-ring (bicyclic) bond motifs is 1. The number of benzene rings is 1. The van der Waals surface area contributed by atoms with Crippen molar-refractivity contribution in [3.05, 3.63) is 42.0 Å². The lowest BCUT2D eigenvalue weighted by molar-refractivity contribution is 0.917. The van der Waals surface area contributed by atoms with Crippen molar-refractivity contribution in [2.45, 2.75) is 38.5 Å². The Hall–Kier alpha value is -2.56. The van der Waals surface area contributed by atoms with Crippen LogP contribution >= 0.6 is 0 Å². The summed E-state index contributed by atoms with van der Waals surface area (Å²) in [5.41, 5.74) is 5.42. The molecule has 1 fully saturated rings. The summed E-state index contributed by atoms with van der Waals surface area (Å²) in [7, 11) is 1.71. The number of rotatable bonds is 5. The average Bonchev–Trinajstić information content (AvgIpc) is 3.36. The maximum absolute atomic E-state index is 4.69. The predicted molar refractivity (Wildman–Crippen MR) is 97.8 cm³/mol. The second-order valence-electron chi connectivity index (χ2n) is 6.36. The molecule has 0 radical (unpaired) electrons. The van der Waals surface area contributed by atoms with Crippen molar-refractivity contribution in [3.63, 3.8) is 0 Å². The Bertz CT molecular complexity index is 911. The first-order chi connectivity index (χ1) is 11.8. The molecule has 0 atom stereocenters. The fourth-order valence-electron chi connectivity index (χ4n) is 3.13. The third kappa shape index (κ3) is 2.70. The van der Waals surface area contributed by atoms with E-state index in [4.69, 9.17) is 0 Å². The van der Waals surface area contributed by atoms with Gasteiger partial charge in [0, 0.05) is 37.7 Å². The second-order valence-corrected chi connectivity index (χ2v) is 6.36. The van der Waals surface area contributed by atoms with Gasteiger partial charge in [0.15, 0.2) is 0 Å². The number of hydrogen-bond donors (Lipinski definition) is 1. The van der Waals surface area contributed by atoms with Crippen molar-refractivity contribution >= 4 is 16.7 Å². The van der Waals surface area contributed by atoms with Crippen LogP contribution in [0.2, 0.25) is 0 Å². The molecule has 0 saturated heterocycles. The van der Waals surface area contributed by atoms with Crippen LogP contribution in [0.25, 0.3) is 22.2 Å². The van der Waals surface area contributed by atoms with Crippen molar-refractivity contribution < 1.29 is 1.43 Å². The highest BCUT2D eigenvalue weighted by molar-refractivity contribution is 5.93. The molecule has 1 aliphatic carbocycles. The van der Waals surface area contributed by atoms with Gasteiger partial charge in [-0.05, 0) is 42.5 Å². The number of nitrogens with zero attached hydrogens (tertiary/aromatic N) is 4. The number of aryl methyl sites for hydroxylation is 1. The van der Waals surface area contributed by atoms with E-state index < -0.39 is 0 Å². The molecule has 1 aromatic carbocycles. The van der Waals surface area contributed by atoms with Crippen LogP contribution in [-0.2, 0) is 6.42 Å². The van der Waals surface area contributed by atoms with Crippen LogP contribution in [0.3, 0.4) is 0 Å². The molecule has 0 bridgehead atoms. The topological polar surface area (TPSA) is 66.3 Å². The Morgan fingerprint density at radius 1 is 1.33 bits per heavy atom. The quantitative estimate of drug-likeness (QED) is 0.638. The molecule has 1 saturated carbocycles. The van der Waals surface area contributed by atoms with Crippen molar-refractivity contribution in [1.82, 2.24) is 15.0 Å². The summed E-state index contributed by atoms with van der Waals surface area (Å²) in [6.45, 7) is 2.18. The van der Waals surface area contributed by atoms with Crippen LogP contribution in [0.5, 0.6) is 0 Å². The van der Waals surface area contributed by atoms with E-state index in [1.807, 2.05) is 18.5 Å². The van der Waals surface area contributed by atoms with Crippen LogP contribution in [0, 0.1) is 0 Å². The zero-order valence-corrected chi connectivity index (χ0v) is 14.1. The zero-order valence-electron chi connectivity index (χ0n) is 14.1. The highest BCUT2D eigenvalue weighted by Gasteiger charge is 2.27. The highest BCUT2D eigenvalue weighted by Crippen LogP contribution is 2.39. The molecule has 2 aromatic heterocycles. The van der Waals surface area contributed by atoms with Gasteiger partial charge in [0.25, 0.3) is 0 Å². The van der Waals surface area contributed by atoms with Gasteiger partial charge in [-0.15, -0.1) is 0 Å². The summed E-state index contributed by atoms with van der Waals surface area (Å²) >= 11 is 0. The molecule has 5 nitrogen and oxygen atoms in total. The minimum absolute atomic E-state index is 0. The van der Waals surface area contributed by atoms with Gasteiger partial charge in [0.05, 0.1) is 5.69 Å². The van der Waals surface area contributed by atoms with Gasteiger partial charge < -0.3 is 4.98 Å². The SMILES string of the molecule is CCCc1cc(-c2c[nH]c3nc(C4CC4)ncc23)ccc1N=NC.[HH]. The summed E-state index contributed by atoms with van der Waals surface area (Å²) in [5.74, 6) is 1.54. The minimum Gasteiger partial charge on any atom is -0.345 e. The van der Waals surface area contributed by atoms with E-state index in [-0.39, 0.29) is 1.43 Å². The Kier molecular flexibility index (Phi) is 3.84. The monoisotopic (exact) mass is 321 g/mol. The van der Waals surface area contributed by atoms with Gasteiger partial charge in [-0.1, -0.05) is 19.4 Å². The standard InChI is InChI=1S/C19H21N5.H2/c1-3-4-14-9-13(7-8-17(14)24-20-2)15-10-22-19-16(15)11-21-18(23-19)12-5-6-12;/h7-12H,3-6H2,1-2H3,(H,21,22,23);1H. The van der Waals surface area contributed by atoms with Crippen LogP contribution in [0.1, 0.15) is 44.9 Å². The van der Waals surface area contributed by atoms with Crippen LogP contribution in [-0.4, -0.2) is 22.0 Å². The van der Waals surface area contributed by atoms with E-state index in [0.29, 0.717) is 5.92 Å². The highest BCUT2D eigenvalue weighted by atomic mass is 15.1. The average molecular weight is 321 g/mol. The van der Waals surface area contributed by atoms with Crippen molar-refractivity contribution in [3.8, 4) is 11.1 Å². The summed E-state index contributed by atoms with van der Waals surface area (Å²) in [6, 6.07) is 6.36. The molecule has 0 amide bonds. The Morgan fingerprint density at radius 2 is 2.21 bits per heavy atom. The molecular formula is C19H23N5. The fraction of sp³-hybridized carbons (Fsp3) is 0.368. The van der Waals surface area contributed by atoms with E-state index in [1.54, 1.807) is 7.05 Å². The first kappa shape index (κ1) is 15.0. The zero-order chi connectivity index (χ0) is 16.5. The van der Waals surface area contributed by atoms with Crippen LogP contribution in [0.15, 0.2) is 40.8 Å². The smallest absolute Gasteiger partial charge is 0.141 e. The second kappa shape index (κ2) is 6.15. The molecule has 24 heavy (non-hydrogen) atoms. The van der Waals surface area contributed by atoms with Crippen molar-refractivity contribution in [1.29, 1.82) is 0 Å². The predicted octanol–water partition coefficient (Wildman–Crippen LogP) is 5.41. The van der Waals surface area contributed by atoms with E-state index in [1.165, 1.54) is 24.0 Å². The number of aromatic nitrogens is 3. The van der Waals surface area contributed by atoms with Gasteiger partial charge in [-0.3, -0.25) is 0 Å². The largest absolute Gasteiger partial charge is 0.345 e. The van der Waals surface area contributed by atoms with Gasteiger partial charge in [-0.2, -0.15) is 10.2 Å². The molecule has 3 aromatic rings. The molecule has 1 N–H and O–H groups in total. The van der Waals surface area contributed by atoms with Crippen molar-refractivity contribution in [2.75, 3.05) is 7.05 Å². The minimum atomic E-state index is 0. The van der Waals surface area contributed by atoms with E-state index in [0.717, 1.165) is 41.0 Å². The van der Waals surface area contributed by atoms with E-state index in [9.17, 15) is 0 Å². The Morgan fingerprint density at radius 3 is 2.96 bits per heavy atom. The summed E-state index contributed by atoms with van der Waals surface area (Å²) in [6.07, 6.45) is 8.49. The number of hydrogen-bond acceptors (Lipinski definition) is 4. The van der Waals surface area contributed by atoms with Gasteiger partial charge in [0.1, 0.15) is 11.5 Å². The number of nitrogens with one attached hydrogen (secondary N) is 1. The normalized spacial score (nSPS) is 14.8. The third-order valence-corrected chi connectivity index (χ3v) is 4.51. The number of H-pyrrole nitrogens is 1. The molecule has 0 spiro atoms. The van der Waals surface area contributed by atoms with Gasteiger partial charge >= 0.3 is 0 Å². The van der Waals surface area contributed by atoms with Crippen molar-refractivity contribution in [2.24, 2.45) is 10.2 Å². The lowest BCUT2D eigenvalue weighted by Gasteiger charge is -2.07. The third-order valence-electron chi connectivity index (χ3n) is 4.51. The molecule has 124 valence electrons. The van der Waals surface area contributed by atoms with E-state index >= 15 is 0 Å². The molecule has 2 heterocycles. The summed E-state index contributed by atoms with van der Waals surface area (Å²) < 4.78 is 0. The molecule has 1 aliphatic rings. The molecule has 5 heteroatoms. The number of aromatic amines is 1.